The fourth-order valence-electron chi connectivity index (χ4n) is 4.58. The van der Waals surface area contributed by atoms with Crippen LogP contribution in [0.15, 0.2) is 35.3 Å². The third-order valence-corrected chi connectivity index (χ3v) is 6.93. The van der Waals surface area contributed by atoms with Gasteiger partial charge in [-0.25, -0.2) is 8.42 Å². The second-order valence-corrected chi connectivity index (χ2v) is 10.4. The highest BCUT2D eigenvalue weighted by atomic mass is 127. The molecule has 2 saturated heterocycles. The topological polar surface area (TPSA) is 65.0 Å². The number of fused-ring (bicyclic) bond motifs is 1. The highest BCUT2D eigenvalue weighted by Gasteiger charge is 2.36. The van der Waals surface area contributed by atoms with Crippen LogP contribution in [0.1, 0.15) is 31.2 Å². The Hall–Kier alpha value is -0.870. The minimum Gasteiger partial charge on any atom is -0.356 e. The van der Waals surface area contributed by atoms with Gasteiger partial charge in [0.05, 0.1) is 5.75 Å². The van der Waals surface area contributed by atoms with Crippen LogP contribution in [0.25, 0.3) is 0 Å². The van der Waals surface area contributed by atoms with Gasteiger partial charge in [-0.1, -0.05) is 30.3 Å². The van der Waals surface area contributed by atoms with E-state index in [-0.39, 0.29) is 29.7 Å². The van der Waals surface area contributed by atoms with E-state index in [0.717, 1.165) is 32.0 Å². The van der Waals surface area contributed by atoms with Crippen LogP contribution in [0.2, 0.25) is 0 Å². The molecule has 2 unspecified atom stereocenters. The van der Waals surface area contributed by atoms with E-state index >= 15 is 0 Å². The molecule has 0 radical (unpaired) electrons. The van der Waals surface area contributed by atoms with Crippen molar-refractivity contribution in [3.63, 3.8) is 0 Å². The van der Waals surface area contributed by atoms with Gasteiger partial charge < -0.3 is 10.2 Å². The number of nitrogens with zero attached hydrogens (tertiary/aromatic N) is 3. The maximum absolute atomic E-state index is 11.3. The average molecular weight is 535 g/mol. The molecule has 164 valence electrons. The SMILES string of the molecule is CN=C(NCCCS(C)(=O)=O)N1CCC2C(CCCN2Cc2ccccc2)C1.I. The molecule has 8 heteroatoms. The normalized spacial score (nSPS) is 23.2. The predicted octanol–water partition coefficient (Wildman–Crippen LogP) is 2.60. The van der Waals surface area contributed by atoms with Gasteiger partial charge in [0, 0.05) is 45.5 Å². The number of aliphatic imine (C=N–C) groups is 1. The van der Waals surface area contributed by atoms with Crippen LogP contribution in [0.3, 0.4) is 0 Å². The van der Waals surface area contributed by atoms with Crippen LogP contribution < -0.4 is 5.32 Å². The Morgan fingerprint density at radius 3 is 2.66 bits per heavy atom. The van der Waals surface area contributed by atoms with Gasteiger partial charge in [0.1, 0.15) is 9.84 Å². The van der Waals surface area contributed by atoms with E-state index in [1.54, 1.807) is 0 Å². The zero-order valence-electron chi connectivity index (χ0n) is 17.6. The number of sulfone groups is 1. The summed E-state index contributed by atoms with van der Waals surface area (Å²) in [7, 11) is -1.09. The second kappa shape index (κ2) is 11.5. The molecule has 0 aromatic heterocycles. The van der Waals surface area contributed by atoms with Crippen LogP contribution in [0.5, 0.6) is 0 Å². The standard InChI is InChI=1S/C21H34N4O2S.HI/c1-22-21(23-12-7-15-28(2,26)27)25-14-11-20-19(17-25)10-6-13-24(20)16-18-8-4-3-5-9-18;/h3-5,8-9,19-20H,6-7,10-17H2,1-2H3,(H,22,23);1H. The Balaban J connectivity index is 0.00000300. The first-order valence-electron chi connectivity index (χ1n) is 10.4. The summed E-state index contributed by atoms with van der Waals surface area (Å²) < 4.78 is 22.6. The number of rotatable bonds is 6. The Bertz CT molecular complexity index is 757. The van der Waals surface area contributed by atoms with Gasteiger partial charge in [0.25, 0.3) is 0 Å². The smallest absolute Gasteiger partial charge is 0.193 e. The summed E-state index contributed by atoms with van der Waals surface area (Å²) >= 11 is 0. The number of likely N-dealkylation sites (tertiary alicyclic amines) is 2. The fourth-order valence-corrected chi connectivity index (χ4v) is 5.25. The maximum Gasteiger partial charge on any atom is 0.193 e. The monoisotopic (exact) mass is 534 g/mol. The molecule has 2 atom stereocenters. The van der Waals surface area contributed by atoms with Gasteiger partial charge in [-0.2, -0.15) is 0 Å². The summed E-state index contributed by atoms with van der Waals surface area (Å²) in [5, 5.41) is 3.36. The fraction of sp³-hybridized carbons (Fsp3) is 0.667. The molecule has 1 N–H and O–H groups in total. The van der Waals surface area contributed by atoms with Crippen molar-refractivity contribution in [3.05, 3.63) is 35.9 Å². The lowest BCUT2D eigenvalue weighted by Crippen LogP contribution is -2.56. The Morgan fingerprint density at radius 2 is 1.97 bits per heavy atom. The molecule has 0 saturated carbocycles. The van der Waals surface area contributed by atoms with Crippen LogP contribution in [-0.4, -0.2) is 75.5 Å². The molecule has 29 heavy (non-hydrogen) atoms. The highest BCUT2D eigenvalue weighted by molar-refractivity contribution is 14.0. The number of hydrogen-bond donors (Lipinski definition) is 1. The van der Waals surface area contributed by atoms with Crippen molar-refractivity contribution >= 4 is 39.8 Å². The molecule has 2 fully saturated rings. The van der Waals surface area contributed by atoms with Crippen molar-refractivity contribution < 1.29 is 8.42 Å². The van der Waals surface area contributed by atoms with Gasteiger partial charge in [-0.05, 0) is 43.7 Å². The van der Waals surface area contributed by atoms with E-state index in [1.165, 1.54) is 31.2 Å². The van der Waals surface area contributed by atoms with Gasteiger partial charge in [0.15, 0.2) is 5.96 Å². The van der Waals surface area contributed by atoms with Crippen LogP contribution in [-0.2, 0) is 16.4 Å². The van der Waals surface area contributed by atoms with Crippen molar-refractivity contribution in [3.8, 4) is 0 Å². The van der Waals surface area contributed by atoms with Crippen molar-refractivity contribution in [2.45, 2.75) is 38.3 Å². The maximum atomic E-state index is 11.3. The van der Waals surface area contributed by atoms with Gasteiger partial charge in [-0.3, -0.25) is 9.89 Å². The summed E-state index contributed by atoms with van der Waals surface area (Å²) in [5.74, 6) is 1.80. The van der Waals surface area contributed by atoms with E-state index in [2.05, 4.69) is 50.4 Å². The van der Waals surface area contributed by atoms with Crippen molar-refractivity contribution in [1.29, 1.82) is 0 Å². The molecule has 1 aromatic rings. The predicted molar refractivity (Wildman–Crippen MR) is 131 cm³/mol. The van der Waals surface area contributed by atoms with E-state index < -0.39 is 9.84 Å². The van der Waals surface area contributed by atoms with Gasteiger partial charge in [0.2, 0.25) is 0 Å². The summed E-state index contributed by atoms with van der Waals surface area (Å²) in [5.41, 5.74) is 1.40. The van der Waals surface area contributed by atoms with E-state index in [9.17, 15) is 8.42 Å². The van der Waals surface area contributed by atoms with Crippen LogP contribution >= 0.6 is 24.0 Å². The first-order valence-corrected chi connectivity index (χ1v) is 12.4. The molecule has 6 nitrogen and oxygen atoms in total. The molecule has 0 aliphatic carbocycles. The van der Waals surface area contributed by atoms with E-state index in [0.29, 0.717) is 24.9 Å². The minimum atomic E-state index is -2.90. The molecule has 0 bridgehead atoms. The lowest BCUT2D eigenvalue weighted by molar-refractivity contribution is 0.0373. The van der Waals surface area contributed by atoms with Crippen molar-refractivity contribution in [2.75, 3.05) is 45.2 Å². The summed E-state index contributed by atoms with van der Waals surface area (Å²) in [6, 6.07) is 11.4. The van der Waals surface area contributed by atoms with E-state index in [4.69, 9.17) is 0 Å². The largest absolute Gasteiger partial charge is 0.356 e. The Morgan fingerprint density at radius 1 is 1.21 bits per heavy atom. The highest BCUT2D eigenvalue weighted by Crippen LogP contribution is 2.31. The quantitative estimate of drug-likeness (QED) is 0.263. The third kappa shape index (κ3) is 7.40. The van der Waals surface area contributed by atoms with Crippen molar-refractivity contribution in [1.82, 2.24) is 15.1 Å². The number of halogens is 1. The number of piperidine rings is 2. The molecule has 3 rings (SSSR count). The molecule has 2 aliphatic rings. The molecule has 2 aliphatic heterocycles. The zero-order chi connectivity index (χ0) is 20.0. The Kier molecular flexibility index (Phi) is 9.68. The molecular weight excluding hydrogens is 499 g/mol. The third-order valence-electron chi connectivity index (χ3n) is 5.90. The lowest BCUT2D eigenvalue weighted by atomic mass is 9.83. The molecule has 2 heterocycles. The summed E-state index contributed by atoms with van der Waals surface area (Å²) in [6.07, 6.45) is 5.58. The number of benzene rings is 1. The molecular formula is C21H35IN4O2S. The Labute approximate surface area is 193 Å². The molecule has 1 aromatic carbocycles. The zero-order valence-corrected chi connectivity index (χ0v) is 20.7. The van der Waals surface area contributed by atoms with Gasteiger partial charge >= 0.3 is 0 Å². The minimum absolute atomic E-state index is 0. The van der Waals surface area contributed by atoms with Crippen LogP contribution in [0, 0.1) is 5.92 Å². The number of nitrogens with one attached hydrogen (secondary N) is 1. The average Bonchev–Trinajstić information content (AvgIpc) is 2.68. The van der Waals surface area contributed by atoms with Crippen LogP contribution in [0.4, 0.5) is 0 Å². The summed E-state index contributed by atoms with van der Waals surface area (Å²) in [6.45, 7) is 4.90. The first-order chi connectivity index (χ1) is 13.5. The molecule has 0 spiro atoms. The second-order valence-electron chi connectivity index (χ2n) is 8.12. The van der Waals surface area contributed by atoms with E-state index in [1.807, 2.05) is 7.05 Å². The molecule has 0 amide bonds. The first kappa shape index (κ1) is 24.4. The van der Waals surface area contributed by atoms with Crippen molar-refractivity contribution in [2.24, 2.45) is 10.9 Å². The number of guanidine groups is 1. The lowest BCUT2D eigenvalue weighted by Gasteiger charge is -2.48. The van der Waals surface area contributed by atoms with Gasteiger partial charge in [-0.15, -0.1) is 24.0 Å². The summed E-state index contributed by atoms with van der Waals surface area (Å²) in [4.78, 5) is 9.46. The number of hydrogen-bond acceptors (Lipinski definition) is 4.